The number of aromatic nitrogens is 5. The zero-order valence-corrected chi connectivity index (χ0v) is 17.9. The van der Waals surface area contributed by atoms with E-state index < -0.39 is 0 Å². The summed E-state index contributed by atoms with van der Waals surface area (Å²) < 4.78 is 7.41. The molecule has 4 aromatic rings. The van der Waals surface area contributed by atoms with E-state index in [9.17, 15) is 0 Å². The van der Waals surface area contributed by atoms with E-state index in [1.807, 2.05) is 56.1 Å². The molecule has 4 heterocycles. The van der Waals surface area contributed by atoms with Gasteiger partial charge in [-0.25, -0.2) is 15.0 Å². The van der Waals surface area contributed by atoms with E-state index in [1.165, 1.54) is 6.42 Å². The van der Waals surface area contributed by atoms with E-state index in [1.54, 1.807) is 11.8 Å². The van der Waals surface area contributed by atoms with Crippen LogP contribution >= 0.6 is 0 Å². The number of nitrogens with zero attached hydrogens (tertiary/aromatic N) is 6. The maximum atomic E-state index is 5.62. The van der Waals surface area contributed by atoms with Crippen LogP contribution in [0.3, 0.4) is 0 Å². The van der Waals surface area contributed by atoms with Crippen LogP contribution in [0.4, 0.5) is 17.5 Å². The minimum atomic E-state index is 0.515. The molecule has 0 spiro atoms. The molecule has 1 unspecified atom stereocenters. The molecule has 1 saturated heterocycles. The van der Waals surface area contributed by atoms with Crippen molar-refractivity contribution in [2.24, 2.45) is 13.0 Å². The summed E-state index contributed by atoms with van der Waals surface area (Å²) in [4.78, 5) is 16.3. The number of pyridine rings is 1. The van der Waals surface area contributed by atoms with E-state index in [4.69, 9.17) is 9.72 Å². The molecular formula is C23H25N7O. The van der Waals surface area contributed by atoms with Gasteiger partial charge in [0, 0.05) is 49.7 Å². The van der Waals surface area contributed by atoms with E-state index in [-0.39, 0.29) is 0 Å². The summed E-state index contributed by atoms with van der Waals surface area (Å²) in [5, 5.41) is 8.54. The lowest BCUT2D eigenvalue weighted by molar-refractivity contribution is 0.417. The fraction of sp³-hybridized carbons (Fsp3) is 0.304. The molecule has 8 heteroatoms. The van der Waals surface area contributed by atoms with Gasteiger partial charge in [-0.15, -0.1) is 0 Å². The van der Waals surface area contributed by atoms with Gasteiger partial charge in [0.25, 0.3) is 0 Å². The third-order valence-corrected chi connectivity index (χ3v) is 5.69. The third kappa shape index (κ3) is 3.76. The van der Waals surface area contributed by atoms with E-state index >= 15 is 0 Å². The van der Waals surface area contributed by atoms with Crippen LogP contribution in [0.25, 0.3) is 22.0 Å². The Morgan fingerprint density at radius 1 is 1.13 bits per heavy atom. The van der Waals surface area contributed by atoms with Crippen LogP contribution in [0.2, 0.25) is 0 Å². The van der Waals surface area contributed by atoms with Crippen molar-refractivity contribution in [3.05, 3.63) is 49.1 Å². The molecule has 0 aliphatic carbocycles. The van der Waals surface area contributed by atoms with Crippen LogP contribution in [-0.4, -0.2) is 44.9 Å². The van der Waals surface area contributed by atoms with E-state index in [2.05, 4.69) is 32.2 Å². The Labute approximate surface area is 180 Å². The summed E-state index contributed by atoms with van der Waals surface area (Å²) in [6.07, 6.45) is 8.65. The monoisotopic (exact) mass is 415 g/mol. The number of aryl methyl sites for hydroxylation is 1. The molecule has 1 aliphatic heterocycles. The van der Waals surface area contributed by atoms with Crippen LogP contribution in [0.1, 0.15) is 13.3 Å². The fourth-order valence-electron chi connectivity index (χ4n) is 4.03. The van der Waals surface area contributed by atoms with Crippen molar-refractivity contribution in [3.63, 3.8) is 0 Å². The van der Waals surface area contributed by atoms with Crippen molar-refractivity contribution in [1.82, 2.24) is 24.7 Å². The minimum Gasteiger partial charge on any atom is -0.495 e. The number of methoxy groups -OCH3 is 1. The maximum absolute atomic E-state index is 5.62. The molecule has 8 nitrogen and oxygen atoms in total. The van der Waals surface area contributed by atoms with Gasteiger partial charge in [-0.3, -0.25) is 4.68 Å². The second-order valence-corrected chi connectivity index (χ2v) is 8.05. The summed E-state index contributed by atoms with van der Waals surface area (Å²) >= 11 is 0. The molecular weight excluding hydrogens is 390 g/mol. The Morgan fingerprint density at radius 3 is 2.77 bits per heavy atom. The quantitative estimate of drug-likeness (QED) is 0.527. The van der Waals surface area contributed by atoms with Gasteiger partial charge in [-0.1, -0.05) is 13.0 Å². The highest BCUT2D eigenvalue weighted by atomic mass is 16.5. The second-order valence-electron chi connectivity index (χ2n) is 8.05. The molecule has 0 saturated carbocycles. The largest absolute Gasteiger partial charge is 0.495 e. The summed E-state index contributed by atoms with van der Waals surface area (Å²) in [6, 6.07) is 7.94. The third-order valence-electron chi connectivity index (χ3n) is 5.69. The van der Waals surface area contributed by atoms with Crippen molar-refractivity contribution >= 4 is 28.4 Å². The molecule has 1 N–H and O–H groups in total. The predicted molar refractivity (Wildman–Crippen MR) is 122 cm³/mol. The van der Waals surface area contributed by atoms with Crippen LogP contribution in [0.5, 0.6) is 5.75 Å². The number of rotatable bonds is 5. The molecule has 3 aromatic heterocycles. The molecule has 1 aromatic carbocycles. The standard InChI is InChI=1S/C23H25N7O/c1-15-7-9-30(13-15)22-21-17(6-8-24-22)11-25-23(28-21)27-19-5-4-16(10-20(19)31-3)18-12-26-29(2)14-18/h4-6,8,10-12,14-15H,7,9,13H2,1-3H3,(H,25,27,28). The number of fused-ring (bicyclic) bond motifs is 1. The first-order valence-electron chi connectivity index (χ1n) is 10.4. The normalized spacial score (nSPS) is 16.1. The lowest BCUT2D eigenvalue weighted by Gasteiger charge is -2.18. The smallest absolute Gasteiger partial charge is 0.227 e. The Bertz CT molecular complexity index is 1240. The van der Waals surface area contributed by atoms with Gasteiger partial charge < -0.3 is 15.0 Å². The van der Waals surface area contributed by atoms with Gasteiger partial charge in [-0.05, 0) is 36.1 Å². The summed E-state index contributed by atoms with van der Waals surface area (Å²) in [7, 11) is 3.56. The van der Waals surface area contributed by atoms with Gasteiger partial charge in [0.2, 0.25) is 5.95 Å². The lowest BCUT2D eigenvalue weighted by Crippen LogP contribution is -2.21. The van der Waals surface area contributed by atoms with Crippen LogP contribution in [0, 0.1) is 5.92 Å². The maximum Gasteiger partial charge on any atom is 0.227 e. The first-order valence-corrected chi connectivity index (χ1v) is 10.4. The number of nitrogens with one attached hydrogen (secondary N) is 1. The number of hydrogen-bond acceptors (Lipinski definition) is 7. The van der Waals surface area contributed by atoms with Gasteiger partial charge in [0.1, 0.15) is 11.3 Å². The summed E-state index contributed by atoms with van der Waals surface area (Å²) in [5.74, 6) is 2.82. The molecule has 158 valence electrons. The van der Waals surface area contributed by atoms with E-state index in [0.717, 1.165) is 46.6 Å². The highest BCUT2D eigenvalue weighted by Gasteiger charge is 2.22. The fourth-order valence-corrected chi connectivity index (χ4v) is 4.03. The summed E-state index contributed by atoms with van der Waals surface area (Å²) in [6.45, 7) is 4.28. The molecule has 31 heavy (non-hydrogen) atoms. The minimum absolute atomic E-state index is 0.515. The molecule has 0 amide bonds. The van der Waals surface area contributed by atoms with Gasteiger partial charge in [0.05, 0.1) is 19.0 Å². The van der Waals surface area contributed by atoms with Gasteiger partial charge in [0.15, 0.2) is 5.82 Å². The van der Waals surface area contributed by atoms with Crippen molar-refractivity contribution in [1.29, 1.82) is 0 Å². The molecule has 0 bridgehead atoms. The molecule has 1 atom stereocenters. The van der Waals surface area contributed by atoms with Crippen molar-refractivity contribution in [2.45, 2.75) is 13.3 Å². The van der Waals surface area contributed by atoms with Crippen LogP contribution in [-0.2, 0) is 7.05 Å². The van der Waals surface area contributed by atoms with Gasteiger partial charge >= 0.3 is 0 Å². The zero-order chi connectivity index (χ0) is 21.4. The Balaban J connectivity index is 1.47. The summed E-state index contributed by atoms with van der Waals surface area (Å²) in [5.41, 5.74) is 3.73. The number of benzene rings is 1. The highest BCUT2D eigenvalue weighted by molar-refractivity contribution is 5.89. The van der Waals surface area contributed by atoms with Crippen molar-refractivity contribution in [2.75, 3.05) is 30.4 Å². The van der Waals surface area contributed by atoms with Crippen LogP contribution < -0.4 is 15.0 Å². The number of hydrogen-bond donors (Lipinski definition) is 1. The van der Waals surface area contributed by atoms with Gasteiger partial charge in [-0.2, -0.15) is 5.10 Å². The average molecular weight is 416 g/mol. The van der Waals surface area contributed by atoms with Crippen molar-refractivity contribution in [3.8, 4) is 16.9 Å². The second kappa shape index (κ2) is 7.86. The topological polar surface area (TPSA) is 81.0 Å². The number of ether oxygens (including phenoxy) is 1. The van der Waals surface area contributed by atoms with E-state index in [0.29, 0.717) is 17.6 Å². The SMILES string of the molecule is COc1cc(-c2cnn(C)c2)ccc1Nc1ncc2ccnc(N3CCC(C)C3)c2n1. The molecule has 5 rings (SSSR count). The number of anilines is 3. The first-order chi connectivity index (χ1) is 15.1. The predicted octanol–water partition coefficient (Wildman–Crippen LogP) is 4.02. The Morgan fingerprint density at radius 2 is 2.03 bits per heavy atom. The highest BCUT2D eigenvalue weighted by Crippen LogP contribution is 2.33. The molecule has 1 aliphatic rings. The van der Waals surface area contributed by atoms with Crippen LogP contribution in [0.15, 0.2) is 49.1 Å². The zero-order valence-electron chi connectivity index (χ0n) is 17.9. The lowest BCUT2D eigenvalue weighted by atomic mass is 10.1. The Kier molecular flexibility index (Phi) is 4.89. The molecule has 1 fully saturated rings. The molecule has 0 radical (unpaired) electrons. The Hall–Kier alpha value is -3.68. The van der Waals surface area contributed by atoms with Crippen molar-refractivity contribution < 1.29 is 4.74 Å². The first kappa shape index (κ1) is 19.3. The average Bonchev–Trinajstić information content (AvgIpc) is 3.42.